The van der Waals surface area contributed by atoms with E-state index in [1.54, 1.807) is 39.7 Å². The van der Waals surface area contributed by atoms with Crippen LogP contribution in [-0.4, -0.2) is 93.6 Å². The Hall–Kier alpha value is -5.07. The quantitative estimate of drug-likeness (QED) is 0.116. The molecule has 0 atom stereocenters. The molecule has 4 aromatic rings. The van der Waals surface area contributed by atoms with Gasteiger partial charge in [-0.1, -0.05) is 37.6 Å². The van der Waals surface area contributed by atoms with Gasteiger partial charge in [0.05, 0.1) is 33.6 Å². The number of para-hydroxylation sites is 1. The van der Waals surface area contributed by atoms with Crippen LogP contribution in [0.1, 0.15) is 42.9 Å². The lowest BCUT2D eigenvalue weighted by Gasteiger charge is -2.32. The molecule has 0 unspecified atom stereocenters. The number of hydrogen-bond acceptors (Lipinski definition) is 11. The highest BCUT2D eigenvalue weighted by Crippen LogP contribution is 2.41. The number of nitrogens with one attached hydrogen (secondary N) is 1. The second kappa shape index (κ2) is 18.4. The van der Waals surface area contributed by atoms with E-state index in [1.807, 2.05) is 56.3 Å². The summed E-state index contributed by atoms with van der Waals surface area (Å²) in [6.45, 7) is 11.7. The smallest absolute Gasteiger partial charge is 0.425 e. The average molecular weight is 713 g/mol. The molecule has 12 heteroatoms. The molecule has 0 saturated carbocycles. The first-order chi connectivity index (χ1) is 25.2. The van der Waals surface area contributed by atoms with Crippen LogP contribution in [0.5, 0.6) is 28.7 Å². The third-order valence-corrected chi connectivity index (χ3v) is 9.13. The van der Waals surface area contributed by atoms with Crippen LogP contribution in [0.4, 0.5) is 27.9 Å². The van der Waals surface area contributed by atoms with E-state index in [9.17, 15) is 4.79 Å². The van der Waals surface area contributed by atoms with Crippen molar-refractivity contribution in [3.63, 3.8) is 0 Å². The summed E-state index contributed by atoms with van der Waals surface area (Å²) in [5.41, 5.74) is 3.90. The third kappa shape index (κ3) is 9.62. The Labute approximate surface area is 307 Å². The molecular weight excluding hydrogens is 660 g/mol. The minimum atomic E-state index is -0.639. The first-order valence-corrected chi connectivity index (χ1v) is 17.9. The van der Waals surface area contributed by atoms with Gasteiger partial charge in [-0.05, 0) is 69.0 Å². The van der Waals surface area contributed by atoms with Gasteiger partial charge in [0.1, 0.15) is 17.3 Å². The maximum atomic E-state index is 14.2. The number of benzene rings is 3. The highest BCUT2D eigenvalue weighted by Gasteiger charge is 2.27. The van der Waals surface area contributed by atoms with Crippen LogP contribution in [0.15, 0.2) is 60.8 Å². The Morgan fingerprint density at radius 3 is 2.29 bits per heavy atom. The molecule has 1 aliphatic rings. The molecule has 1 amide bonds. The minimum Gasteiger partial charge on any atom is -0.495 e. The van der Waals surface area contributed by atoms with Crippen molar-refractivity contribution in [2.45, 2.75) is 46.5 Å². The zero-order valence-electron chi connectivity index (χ0n) is 31.5. The number of likely N-dealkylation sites (N-methyl/N-ethyl adjacent to an activating group) is 1. The maximum Gasteiger partial charge on any atom is 0.425 e. The number of anilines is 4. The number of ether oxygens (including phenoxy) is 5. The Morgan fingerprint density at radius 2 is 1.60 bits per heavy atom. The van der Waals surface area contributed by atoms with E-state index >= 15 is 0 Å². The highest BCUT2D eigenvalue weighted by molar-refractivity contribution is 5.98. The number of piperazine rings is 1. The summed E-state index contributed by atoms with van der Waals surface area (Å²) in [4.78, 5) is 29.6. The van der Waals surface area contributed by atoms with Gasteiger partial charge < -0.3 is 38.8 Å². The summed E-state index contributed by atoms with van der Waals surface area (Å²) < 4.78 is 29.5. The van der Waals surface area contributed by atoms with Crippen LogP contribution in [0.2, 0.25) is 0 Å². The first-order valence-electron chi connectivity index (χ1n) is 17.9. The van der Waals surface area contributed by atoms with Crippen LogP contribution in [0.25, 0.3) is 0 Å². The Balaban J connectivity index is 1.43. The van der Waals surface area contributed by atoms with E-state index in [0.717, 1.165) is 75.1 Å². The number of carbonyl (C=O) groups excluding carboxylic acids is 1. The fourth-order valence-electron chi connectivity index (χ4n) is 6.17. The molecule has 1 aliphatic heterocycles. The fraction of sp³-hybridized carbons (Fsp3) is 0.425. The van der Waals surface area contributed by atoms with E-state index < -0.39 is 6.09 Å². The summed E-state index contributed by atoms with van der Waals surface area (Å²) in [5, 5.41) is 3.27. The zero-order chi connectivity index (χ0) is 37.0. The van der Waals surface area contributed by atoms with Crippen molar-refractivity contribution < 1.29 is 28.5 Å². The number of carbonyl (C=O) groups is 1. The lowest BCUT2D eigenvalue weighted by Crippen LogP contribution is -2.44. The highest BCUT2D eigenvalue weighted by atomic mass is 16.6. The molecule has 0 aliphatic carbocycles. The zero-order valence-corrected chi connectivity index (χ0v) is 31.5. The van der Waals surface area contributed by atoms with Crippen molar-refractivity contribution in [2.75, 3.05) is 77.9 Å². The maximum absolute atomic E-state index is 14.2. The van der Waals surface area contributed by atoms with E-state index in [0.29, 0.717) is 46.7 Å². The van der Waals surface area contributed by atoms with Crippen molar-refractivity contribution in [1.29, 1.82) is 0 Å². The summed E-state index contributed by atoms with van der Waals surface area (Å²) in [7, 11) is 6.92. The Morgan fingerprint density at radius 1 is 0.865 bits per heavy atom. The van der Waals surface area contributed by atoms with E-state index in [4.69, 9.17) is 28.7 Å². The number of amides is 1. The summed E-state index contributed by atoms with van der Waals surface area (Å²) in [6, 6.07) is 16.9. The van der Waals surface area contributed by atoms with E-state index in [2.05, 4.69) is 34.1 Å². The average Bonchev–Trinajstić information content (AvgIpc) is 3.15. The Kier molecular flexibility index (Phi) is 13.5. The molecule has 1 fully saturated rings. The number of unbranched alkanes of at least 4 members (excludes halogenated alkanes) is 1. The van der Waals surface area contributed by atoms with Gasteiger partial charge >= 0.3 is 6.09 Å². The SMILES string of the molecule is CCCCc1ccc(N(C(=O)Oc2c(C)cccc2C)c2ccnc(Nc3cc(OC)c(OC)c(OCCCN4CCN(C)CC4)c3)n2)c(OC)c1. The summed E-state index contributed by atoms with van der Waals surface area (Å²) in [5.74, 6) is 3.06. The Bertz CT molecular complexity index is 1770. The van der Waals surface area contributed by atoms with Crippen LogP contribution < -0.4 is 33.9 Å². The predicted molar refractivity (Wildman–Crippen MR) is 205 cm³/mol. The molecule has 3 aromatic carbocycles. The molecule has 1 aromatic heterocycles. The van der Waals surface area contributed by atoms with Crippen molar-refractivity contribution in [3.05, 3.63) is 77.5 Å². The van der Waals surface area contributed by atoms with Crippen LogP contribution in [0, 0.1) is 13.8 Å². The third-order valence-electron chi connectivity index (χ3n) is 9.13. The molecule has 0 radical (unpaired) electrons. The first kappa shape index (κ1) is 38.2. The van der Waals surface area contributed by atoms with Gasteiger partial charge in [-0.15, -0.1) is 0 Å². The van der Waals surface area contributed by atoms with Gasteiger partial charge in [0.2, 0.25) is 11.7 Å². The largest absolute Gasteiger partial charge is 0.495 e. The summed E-state index contributed by atoms with van der Waals surface area (Å²) in [6.07, 6.45) is 4.83. The number of hydrogen-bond donors (Lipinski definition) is 1. The monoisotopic (exact) mass is 712 g/mol. The van der Waals surface area contributed by atoms with Crippen molar-refractivity contribution in [3.8, 4) is 28.7 Å². The van der Waals surface area contributed by atoms with Gasteiger partial charge in [0.15, 0.2) is 11.5 Å². The van der Waals surface area contributed by atoms with Gasteiger partial charge in [-0.3, -0.25) is 0 Å². The van der Waals surface area contributed by atoms with Crippen LogP contribution in [0.3, 0.4) is 0 Å². The van der Waals surface area contributed by atoms with Crippen molar-refractivity contribution in [2.24, 2.45) is 0 Å². The standard InChI is InChI=1S/C40H52N6O6/c1-8-9-14-30-15-16-32(33(25-30)48-5)46(40(47)52-37-28(2)12-10-13-29(37)3)36-17-18-41-39(43-36)42-31-26-34(49-6)38(50-7)35(27-31)51-24-11-19-45-22-20-44(4)21-23-45/h10,12-13,15-18,25-27H,8-9,11,14,19-24H2,1-7H3,(H,41,42,43). The second-order valence-electron chi connectivity index (χ2n) is 13.0. The minimum absolute atomic E-state index is 0.245. The van der Waals surface area contributed by atoms with Crippen LogP contribution in [-0.2, 0) is 6.42 Å². The lowest BCUT2D eigenvalue weighted by molar-refractivity contribution is 0.145. The molecule has 278 valence electrons. The van der Waals surface area contributed by atoms with Gasteiger partial charge in [0.25, 0.3) is 0 Å². The van der Waals surface area contributed by atoms with Crippen LogP contribution >= 0.6 is 0 Å². The molecule has 52 heavy (non-hydrogen) atoms. The van der Waals surface area contributed by atoms with Crippen molar-refractivity contribution >= 4 is 29.2 Å². The molecule has 0 spiro atoms. The normalized spacial score (nSPS) is 13.4. The lowest BCUT2D eigenvalue weighted by atomic mass is 10.1. The molecule has 0 bridgehead atoms. The van der Waals surface area contributed by atoms with Gasteiger partial charge in [0, 0.05) is 62.8 Å². The fourth-order valence-corrected chi connectivity index (χ4v) is 6.17. The summed E-state index contributed by atoms with van der Waals surface area (Å²) >= 11 is 0. The molecule has 12 nitrogen and oxygen atoms in total. The number of methoxy groups -OCH3 is 3. The number of nitrogens with zero attached hydrogens (tertiary/aromatic N) is 5. The van der Waals surface area contributed by atoms with Crippen molar-refractivity contribution in [1.82, 2.24) is 19.8 Å². The second-order valence-corrected chi connectivity index (χ2v) is 13.0. The number of aromatic nitrogens is 2. The molecule has 2 heterocycles. The van der Waals surface area contributed by atoms with Gasteiger partial charge in [-0.25, -0.2) is 14.7 Å². The molecule has 1 N–H and O–H groups in total. The topological polar surface area (TPSA) is 111 Å². The van der Waals surface area contributed by atoms with E-state index in [1.165, 1.54) is 4.90 Å². The molecular formula is C40H52N6O6. The predicted octanol–water partition coefficient (Wildman–Crippen LogP) is 7.56. The van der Waals surface area contributed by atoms with Gasteiger partial charge in [-0.2, -0.15) is 4.98 Å². The molecule has 5 rings (SSSR count). The number of rotatable bonds is 16. The molecule has 1 saturated heterocycles. The number of aryl methyl sites for hydroxylation is 3. The van der Waals surface area contributed by atoms with E-state index in [-0.39, 0.29) is 11.8 Å².